The number of carbonyl (C=O) groups excluding carboxylic acids is 1. The number of rotatable bonds is 6. The summed E-state index contributed by atoms with van der Waals surface area (Å²) < 4.78 is 35.3. The van der Waals surface area contributed by atoms with Gasteiger partial charge in [0.2, 0.25) is 0 Å². The lowest BCUT2D eigenvalue weighted by atomic mass is 10.1. The molecule has 1 aliphatic heterocycles. The first kappa shape index (κ1) is 16.7. The third-order valence-corrected chi connectivity index (χ3v) is 5.55. The minimum atomic E-state index is -3.49. The van der Waals surface area contributed by atoms with E-state index in [4.69, 9.17) is 9.15 Å². The van der Waals surface area contributed by atoms with Crippen LogP contribution in [0.25, 0.3) is 0 Å². The summed E-state index contributed by atoms with van der Waals surface area (Å²) in [6.45, 7) is 1.90. The van der Waals surface area contributed by atoms with Gasteiger partial charge < -0.3 is 14.5 Å². The highest BCUT2D eigenvalue weighted by Gasteiger charge is 2.20. The highest BCUT2D eigenvalue weighted by molar-refractivity contribution is 7.90. The average Bonchev–Trinajstić information content (AvgIpc) is 3.25. The van der Waals surface area contributed by atoms with E-state index in [1.807, 2.05) is 0 Å². The first-order valence-corrected chi connectivity index (χ1v) is 9.42. The number of hydrogen-bond acceptors (Lipinski definition) is 5. The number of benzene rings is 1. The van der Waals surface area contributed by atoms with Crippen LogP contribution in [-0.2, 0) is 20.3 Å². The minimum Gasteiger partial charge on any atom is -0.455 e. The SMILES string of the molecule is O=C(NCC1CCOC1)c1ccc(CS(=O)(=O)c2ccccc2)o1. The number of carbonyl (C=O) groups is 1. The Balaban J connectivity index is 1.61. The zero-order chi connectivity index (χ0) is 17.0. The monoisotopic (exact) mass is 349 g/mol. The van der Waals surface area contributed by atoms with Gasteiger partial charge in [0.15, 0.2) is 15.6 Å². The van der Waals surface area contributed by atoms with Crippen molar-refractivity contribution in [1.82, 2.24) is 5.32 Å². The molecule has 1 aromatic heterocycles. The molecule has 3 rings (SSSR count). The predicted molar refractivity (Wildman–Crippen MR) is 87.3 cm³/mol. The van der Waals surface area contributed by atoms with E-state index in [1.54, 1.807) is 18.2 Å². The first-order valence-electron chi connectivity index (χ1n) is 7.77. The molecule has 1 aliphatic rings. The molecule has 1 unspecified atom stereocenters. The quantitative estimate of drug-likeness (QED) is 0.862. The van der Waals surface area contributed by atoms with Gasteiger partial charge in [0, 0.05) is 19.1 Å². The fourth-order valence-corrected chi connectivity index (χ4v) is 3.81. The molecule has 6 nitrogen and oxygen atoms in total. The first-order chi connectivity index (χ1) is 11.5. The van der Waals surface area contributed by atoms with Gasteiger partial charge in [-0.1, -0.05) is 18.2 Å². The summed E-state index contributed by atoms with van der Waals surface area (Å²) >= 11 is 0. The highest BCUT2D eigenvalue weighted by atomic mass is 32.2. The fraction of sp³-hybridized carbons (Fsp3) is 0.353. The van der Waals surface area contributed by atoms with E-state index < -0.39 is 9.84 Å². The maximum Gasteiger partial charge on any atom is 0.287 e. The Hall–Kier alpha value is -2.12. The molecule has 24 heavy (non-hydrogen) atoms. The van der Waals surface area contributed by atoms with Gasteiger partial charge in [-0.25, -0.2) is 8.42 Å². The lowest BCUT2D eigenvalue weighted by Gasteiger charge is -2.07. The number of nitrogens with one attached hydrogen (secondary N) is 1. The van der Waals surface area contributed by atoms with Crippen molar-refractivity contribution in [3.05, 3.63) is 54.0 Å². The third kappa shape index (κ3) is 4.04. The van der Waals surface area contributed by atoms with Crippen LogP contribution < -0.4 is 5.32 Å². The van der Waals surface area contributed by atoms with Gasteiger partial charge >= 0.3 is 0 Å². The van der Waals surface area contributed by atoms with Crippen molar-refractivity contribution in [2.75, 3.05) is 19.8 Å². The van der Waals surface area contributed by atoms with Crippen molar-refractivity contribution >= 4 is 15.7 Å². The summed E-state index contributed by atoms with van der Waals surface area (Å²) in [6, 6.07) is 11.2. The van der Waals surface area contributed by atoms with E-state index >= 15 is 0 Å². The Labute approximate surface area is 140 Å². The molecule has 2 aromatic rings. The van der Waals surface area contributed by atoms with Crippen LogP contribution in [0.4, 0.5) is 0 Å². The topological polar surface area (TPSA) is 85.6 Å². The molecule has 0 radical (unpaired) electrons. The summed E-state index contributed by atoms with van der Waals surface area (Å²) in [7, 11) is -3.49. The second-order valence-electron chi connectivity index (χ2n) is 5.78. The molecule has 0 aliphatic carbocycles. The second-order valence-corrected chi connectivity index (χ2v) is 7.77. The lowest BCUT2D eigenvalue weighted by Crippen LogP contribution is -2.29. The van der Waals surface area contributed by atoms with Crippen molar-refractivity contribution < 1.29 is 22.4 Å². The summed E-state index contributed by atoms with van der Waals surface area (Å²) in [5, 5.41) is 2.79. The number of furan rings is 1. The van der Waals surface area contributed by atoms with Crippen molar-refractivity contribution in [2.45, 2.75) is 17.1 Å². The Kier molecular flexibility index (Phi) is 5.01. The maximum atomic E-state index is 12.3. The number of sulfone groups is 1. The molecule has 1 amide bonds. The summed E-state index contributed by atoms with van der Waals surface area (Å²) in [5.41, 5.74) is 0. The van der Waals surface area contributed by atoms with Crippen molar-refractivity contribution in [3.63, 3.8) is 0 Å². The molecule has 1 aromatic carbocycles. The van der Waals surface area contributed by atoms with E-state index in [1.165, 1.54) is 24.3 Å². The Morgan fingerprint density at radius 3 is 2.67 bits per heavy atom. The van der Waals surface area contributed by atoms with Crippen molar-refractivity contribution in [3.8, 4) is 0 Å². The second kappa shape index (κ2) is 7.19. The molecule has 1 saturated heterocycles. The van der Waals surface area contributed by atoms with E-state index in [9.17, 15) is 13.2 Å². The van der Waals surface area contributed by atoms with Gasteiger partial charge in [0.25, 0.3) is 5.91 Å². The molecule has 1 atom stereocenters. The van der Waals surface area contributed by atoms with Gasteiger partial charge in [-0.15, -0.1) is 0 Å². The maximum absolute atomic E-state index is 12.3. The molecule has 0 saturated carbocycles. The Morgan fingerprint density at radius 2 is 1.96 bits per heavy atom. The van der Waals surface area contributed by atoms with Crippen LogP contribution in [0, 0.1) is 5.92 Å². The molecule has 0 bridgehead atoms. The average molecular weight is 349 g/mol. The molecule has 2 heterocycles. The van der Waals surface area contributed by atoms with Gasteiger partial charge in [0.05, 0.1) is 11.5 Å². The largest absolute Gasteiger partial charge is 0.455 e. The zero-order valence-electron chi connectivity index (χ0n) is 13.1. The standard InChI is InChI=1S/C17H19NO5S/c19-17(18-10-13-8-9-22-11-13)16-7-6-14(23-16)12-24(20,21)15-4-2-1-3-5-15/h1-7,13H,8-12H2,(H,18,19). The summed E-state index contributed by atoms with van der Waals surface area (Å²) in [5.74, 6) is 0.0632. The minimum absolute atomic E-state index is 0.118. The smallest absolute Gasteiger partial charge is 0.287 e. The fourth-order valence-electron chi connectivity index (χ4n) is 2.54. The molecule has 0 spiro atoms. The van der Waals surface area contributed by atoms with Gasteiger partial charge in [-0.3, -0.25) is 4.79 Å². The highest BCUT2D eigenvalue weighted by Crippen LogP contribution is 2.18. The van der Waals surface area contributed by atoms with Crippen LogP contribution in [0.1, 0.15) is 22.7 Å². The number of ether oxygens (including phenoxy) is 1. The molecular formula is C17H19NO5S. The Morgan fingerprint density at radius 1 is 1.17 bits per heavy atom. The number of hydrogen-bond donors (Lipinski definition) is 1. The molecule has 1 fully saturated rings. The van der Waals surface area contributed by atoms with E-state index in [-0.39, 0.29) is 28.1 Å². The van der Waals surface area contributed by atoms with Gasteiger partial charge in [0.1, 0.15) is 11.5 Å². The summed E-state index contributed by atoms with van der Waals surface area (Å²) in [6.07, 6.45) is 0.930. The van der Waals surface area contributed by atoms with Crippen LogP contribution >= 0.6 is 0 Å². The predicted octanol–water partition coefficient (Wildman–Crippen LogP) is 2.02. The van der Waals surface area contributed by atoms with Crippen LogP contribution in [0.2, 0.25) is 0 Å². The van der Waals surface area contributed by atoms with Crippen molar-refractivity contribution in [1.29, 1.82) is 0 Å². The van der Waals surface area contributed by atoms with Gasteiger partial charge in [-0.05, 0) is 30.7 Å². The molecule has 7 heteroatoms. The van der Waals surface area contributed by atoms with Crippen LogP contribution in [0.3, 0.4) is 0 Å². The third-order valence-electron chi connectivity index (χ3n) is 3.90. The molecular weight excluding hydrogens is 330 g/mol. The van der Waals surface area contributed by atoms with Crippen LogP contribution in [0.15, 0.2) is 51.8 Å². The molecule has 1 N–H and O–H groups in total. The number of amides is 1. The van der Waals surface area contributed by atoms with Crippen LogP contribution in [-0.4, -0.2) is 34.1 Å². The zero-order valence-corrected chi connectivity index (χ0v) is 13.9. The molecule has 128 valence electrons. The Bertz CT molecular complexity index is 791. The van der Waals surface area contributed by atoms with Gasteiger partial charge in [-0.2, -0.15) is 0 Å². The van der Waals surface area contributed by atoms with Crippen molar-refractivity contribution in [2.24, 2.45) is 5.92 Å². The van der Waals surface area contributed by atoms with E-state index in [0.29, 0.717) is 19.1 Å². The van der Waals surface area contributed by atoms with E-state index in [0.717, 1.165) is 13.0 Å². The summed E-state index contributed by atoms with van der Waals surface area (Å²) in [4.78, 5) is 12.3. The van der Waals surface area contributed by atoms with E-state index in [2.05, 4.69) is 5.32 Å². The van der Waals surface area contributed by atoms with Crippen LogP contribution in [0.5, 0.6) is 0 Å². The lowest BCUT2D eigenvalue weighted by molar-refractivity contribution is 0.0915. The normalized spacial score (nSPS) is 17.8.